The molecule has 0 aromatic carbocycles. The van der Waals surface area contributed by atoms with Crippen molar-refractivity contribution >= 4 is 5.91 Å². The highest BCUT2D eigenvalue weighted by Crippen LogP contribution is 2.52. The third-order valence-electron chi connectivity index (χ3n) is 4.51. The highest BCUT2D eigenvalue weighted by atomic mass is 19.4. The van der Waals surface area contributed by atoms with Gasteiger partial charge in [-0.05, 0) is 13.0 Å². The second kappa shape index (κ2) is 5.83. The fourth-order valence-corrected chi connectivity index (χ4v) is 2.93. The quantitative estimate of drug-likeness (QED) is 0.817. The fourth-order valence-electron chi connectivity index (χ4n) is 2.93. The Morgan fingerprint density at radius 1 is 1.38 bits per heavy atom. The van der Waals surface area contributed by atoms with Crippen molar-refractivity contribution in [3.8, 4) is 0 Å². The van der Waals surface area contributed by atoms with Gasteiger partial charge in [-0.15, -0.1) is 0 Å². The first kappa shape index (κ1) is 18.4. The Morgan fingerprint density at radius 3 is 2.38 bits per heavy atom. The number of primary amides is 1. The van der Waals surface area contributed by atoms with Crippen molar-refractivity contribution < 1.29 is 31.5 Å². The average molecular weight is 354 g/mol. The number of carbonyl (C=O) groups excluding carboxylic acids is 1. The Hall–Kier alpha value is -1.97. The molecule has 0 spiro atoms. The zero-order valence-electron chi connectivity index (χ0n) is 12.7. The number of nitrogens with two attached hydrogens (primary N) is 1. The first-order chi connectivity index (χ1) is 10.9. The van der Waals surface area contributed by atoms with Crippen LogP contribution in [0.25, 0.3) is 0 Å². The molecule has 0 bridgehead atoms. The summed E-state index contributed by atoms with van der Waals surface area (Å²) in [4.78, 5) is 25.5. The molecule has 1 fully saturated rings. The number of nitrogens with one attached hydrogen (secondary N) is 1. The van der Waals surface area contributed by atoms with Gasteiger partial charge in [-0.2, -0.15) is 13.2 Å². The van der Waals surface area contributed by atoms with E-state index in [0.29, 0.717) is 0 Å². The van der Waals surface area contributed by atoms with Gasteiger partial charge in [0.2, 0.25) is 5.91 Å². The van der Waals surface area contributed by atoms with E-state index in [-0.39, 0.29) is 5.56 Å². The molecule has 1 amide bonds. The number of H-pyrrole nitrogens is 1. The van der Waals surface area contributed by atoms with Gasteiger partial charge in [0.15, 0.2) is 5.60 Å². The summed E-state index contributed by atoms with van der Waals surface area (Å²) in [5, 5.41) is 0. The van der Waals surface area contributed by atoms with E-state index in [2.05, 4.69) is 0 Å². The van der Waals surface area contributed by atoms with Crippen molar-refractivity contribution in [1.29, 1.82) is 0 Å². The molecule has 134 valence electrons. The molecule has 5 nitrogen and oxygen atoms in total. The largest absolute Gasteiger partial charge is 0.417 e. The van der Waals surface area contributed by atoms with Gasteiger partial charge in [0.25, 0.3) is 12.0 Å². The molecular formula is C14H15F5N2O3. The minimum atomic E-state index is -4.81. The van der Waals surface area contributed by atoms with Gasteiger partial charge in [0.05, 0.1) is 5.69 Å². The number of amides is 1. The number of ether oxygens (including phenoxy) is 1. The van der Waals surface area contributed by atoms with Gasteiger partial charge in [0.1, 0.15) is 6.10 Å². The number of pyridine rings is 1. The lowest BCUT2D eigenvalue weighted by Gasteiger charge is -2.31. The lowest BCUT2D eigenvalue weighted by atomic mass is 9.77. The first-order valence-electron chi connectivity index (χ1n) is 6.95. The van der Waals surface area contributed by atoms with Crippen LogP contribution in [0, 0.1) is 5.92 Å². The Labute approximate surface area is 133 Å². The number of hydrogen-bond donors (Lipinski definition) is 2. The van der Waals surface area contributed by atoms with E-state index in [9.17, 15) is 31.5 Å². The molecule has 3 N–H and O–H groups in total. The number of hydrogen-bond acceptors (Lipinski definition) is 3. The van der Waals surface area contributed by atoms with E-state index in [1.807, 2.05) is 4.98 Å². The van der Waals surface area contributed by atoms with E-state index < -0.39 is 53.3 Å². The number of alkyl halides is 5. The molecule has 10 heteroatoms. The van der Waals surface area contributed by atoms with Crippen molar-refractivity contribution in [1.82, 2.24) is 4.98 Å². The molecule has 0 aliphatic carbocycles. The van der Waals surface area contributed by atoms with Crippen LogP contribution in [0.15, 0.2) is 16.9 Å². The standard InChI is InChI=1S/C14H15F5N2O3/c1-5-8(6-3-4-7(10(15)16)21-12(6)23)9(11(20)22)24-13(5,2)14(17,18)19/h3-5,8-10H,1-2H3,(H2,20,22)(H,21,23)/t5-,8-,9+,13+/m0/s1. The zero-order chi connectivity index (χ0) is 18.4. The van der Waals surface area contributed by atoms with Crippen molar-refractivity contribution in [2.45, 2.75) is 44.1 Å². The van der Waals surface area contributed by atoms with Crippen molar-refractivity contribution in [3.05, 3.63) is 33.7 Å². The monoisotopic (exact) mass is 354 g/mol. The number of rotatable bonds is 3. The van der Waals surface area contributed by atoms with Crippen molar-refractivity contribution in [2.75, 3.05) is 0 Å². The summed E-state index contributed by atoms with van der Waals surface area (Å²) in [7, 11) is 0. The van der Waals surface area contributed by atoms with E-state index >= 15 is 0 Å². The third-order valence-corrected chi connectivity index (χ3v) is 4.51. The smallest absolute Gasteiger partial charge is 0.367 e. The maximum absolute atomic E-state index is 13.3. The summed E-state index contributed by atoms with van der Waals surface area (Å²) in [5.41, 5.74) is 0.468. The Bertz CT molecular complexity index is 702. The molecule has 0 radical (unpaired) electrons. The summed E-state index contributed by atoms with van der Waals surface area (Å²) in [6.45, 7) is 1.93. The number of aromatic amines is 1. The molecule has 0 saturated carbocycles. The number of halogens is 5. The normalized spacial score (nSPS) is 30.8. The average Bonchev–Trinajstić information content (AvgIpc) is 2.72. The van der Waals surface area contributed by atoms with Gasteiger partial charge in [0, 0.05) is 17.4 Å². The predicted octanol–water partition coefficient (Wildman–Crippen LogP) is 2.24. The van der Waals surface area contributed by atoms with Crippen LogP contribution in [0.2, 0.25) is 0 Å². The van der Waals surface area contributed by atoms with Crippen LogP contribution in [-0.4, -0.2) is 28.8 Å². The number of aromatic nitrogens is 1. The summed E-state index contributed by atoms with van der Waals surface area (Å²) >= 11 is 0. The fraction of sp³-hybridized carbons (Fsp3) is 0.571. The summed E-state index contributed by atoms with van der Waals surface area (Å²) in [5.74, 6) is -3.82. The molecule has 1 aromatic heterocycles. The van der Waals surface area contributed by atoms with Crippen LogP contribution in [0.5, 0.6) is 0 Å². The second-order valence-corrected chi connectivity index (χ2v) is 5.86. The Kier molecular flexibility index (Phi) is 4.47. The van der Waals surface area contributed by atoms with Crippen LogP contribution in [0.1, 0.15) is 37.4 Å². The van der Waals surface area contributed by atoms with E-state index in [4.69, 9.17) is 10.5 Å². The molecule has 1 aromatic rings. The molecule has 1 saturated heterocycles. The van der Waals surface area contributed by atoms with Crippen LogP contribution in [-0.2, 0) is 9.53 Å². The lowest BCUT2D eigenvalue weighted by Crippen LogP contribution is -2.47. The van der Waals surface area contributed by atoms with Crippen LogP contribution >= 0.6 is 0 Å². The third kappa shape index (κ3) is 2.79. The Balaban J connectivity index is 2.55. The maximum Gasteiger partial charge on any atom is 0.417 e. The minimum Gasteiger partial charge on any atom is -0.367 e. The Morgan fingerprint density at radius 2 is 1.96 bits per heavy atom. The minimum absolute atomic E-state index is 0.260. The van der Waals surface area contributed by atoms with E-state index in [1.165, 1.54) is 6.92 Å². The topological polar surface area (TPSA) is 85.2 Å². The molecule has 1 aliphatic heterocycles. The first-order valence-corrected chi connectivity index (χ1v) is 6.95. The zero-order valence-corrected chi connectivity index (χ0v) is 12.7. The molecule has 4 atom stereocenters. The molecular weight excluding hydrogens is 339 g/mol. The molecule has 1 aliphatic rings. The molecule has 24 heavy (non-hydrogen) atoms. The molecule has 0 unspecified atom stereocenters. The summed E-state index contributed by atoms with van der Waals surface area (Å²) in [6.07, 6.45) is -9.47. The van der Waals surface area contributed by atoms with Crippen LogP contribution < -0.4 is 11.3 Å². The van der Waals surface area contributed by atoms with E-state index in [0.717, 1.165) is 19.1 Å². The molecule has 2 heterocycles. The predicted molar refractivity (Wildman–Crippen MR) is 72.5 cm³/mol. The van der Waals surface area contributed by atoms with Crippen molar-refractivity contribution in [3.63, 3.8) is 0 Å². The second-order valence-electron chi connectivity index (χ2n) is 5.86. The van der Waals surface area contributed by atoms with Crippen LogP contribution in [0.4, 0.5) is 22.0 Å². The van der Waals surface area contributed by atoms with Crippen LogP contribution in [0.3, 0.4) is 0 Å². The van der Waals surface area contributed by atoms with Gasteiger partial charge in [-0.25, -0.2) is 8.78 Å². The maximum atomic E-state index is 13.3. The highest BCUT2D eigenvalue weighted by molar-refractivity contribution is 5.80. The lowest BCUT2D eigenvalue weighted by molar-refractivity contribution is -0.272. The SMILES string of the molecule is C[C@H]1[C@@H](c2ccc(C(F)F)[nH]c2=O)[C@H](C(N)=O)O[C@@]1(C)C(F)(F)F. The number of carbonyl (C=O) groups is 1. The molecule has 2 rings (SSSR count). The van der Waals surface area contributed by atoms with Gasteiger partial charge in [-0.3, -0.25) is 9.59 Å². The van der Waals surface area contributed by atoms with Gasteiger partial charge >= 0.3 is 6.18 Å². The van der Waals surface area contributed by atoms with Gasteiger partial charge in [-0.1, -0.05) is 13.0 Å². The van der Waals surface area contributed by atoms with Crippen molar-refractivity contribution in [2.24, 2.45) is 11.7 Å². The summed E-state index contributed by atoms with van der Waals surface area (Å²) < 4.78 is 70.1. The summed E-state index contributed by atoms with van der Waals surface area (Å²) in [6, 6.07) is 1.86. The van der Waals surface area contributed by atoms with Gasteiger partial charge < -0.3 is 15.5 Å². The van der Waals surface area contributed by atoms with E-state index in [1.54, 1.807) is 0 Å². The highest BCUT2D eigenvalue weighted by Gasteiger charge is 2.65.